The number of nitrogens with zero attached hydrogens (tertiary/aromatic N) is 3. The van der Waals surface area contributed by atoms with Crippen LogP contribution < -0.4 is 15.8 Å². The van der Waals surface area contributed by atoms with Crippen molar-refractivity contribution in [3.05, 3.63) is 22.7 Å². The van der Waals surface area contributed by atoms with Crippen molar-refractivity contribution in [2.45, 2.75) is 51.0 Å². The third-order valence-corrected chi connectivity index (χ3v) is 5.10. The molecule has 1 aromatic heterocycles. The maximum Gasteiger partial charge on any atom is 0.290 e. The molecule has 1 amide bonds. The van der Waals surface area contributed by atoms with Crippen molar-refractivity contribution >= 4 is 11.7 Å². The summed E-state index contributed by atoms with van der Waals surface area (Å²) < 4.78 is 0. The Morgan fingerprint density at radius 2 is 2.17 bits per heavy atom. The van der Waals surface area contributed by atoms with Gasteiger partial charge in [-0.15, -0.1) is 0 Å². The molecule has 3 rings (SSSR count). The zero-order chi connectivity index (χ0) is 17.0. The number of nitriles is 1. The fourth-order valence-electron chi connectivity index (χ4n) is 3.73. The van der Waals surface area contributed by atoms with Crippen molar-refractivity contribution in [1.29, 1.82) is 5.26 Å². The van der Waals surface area contributed by atoms with Crippen molar-refractivity contribution < 1.29 is 4.79 Å². The fraction of sp³-hybridized carbons (Fsp3) is 0.647. The summed E-state index contributed by atoms with van der Waals surface area (Å²) in [4.78, 5) is 33.3. The first-order valence-electron chi connectivity index (χ1n) is 8.65. The van der Waals surface area contributed by atoms with Gasteiger partial charge < -0.3 is 15.2 Å². The average molecular weight is 329 g/mol. The van der Waals surface area contributed by atoms with E-state index in [0.717, 1.165) is 38.6 Å². The average Bonchev–Trinajstić information content (AvgIpc) is 2.63. The van der Waals surface area contributed by atoms with Crippen LogP contribution in [0, 0.1) is 16.7 Å². The van der Waals surface area contributed by atoms with Gasteiger partial charge >= 0.3 is 0 Å². The standard InChI is InChI=1S/C17H23N5O2/c18-12-17(6-2-1-3-7-17)16(24)21-13-5-4-10-22(11-13)14-15(23)20-9-8-19-14/h8-9,13H,1-7,10-11H2,(H,20,23)(H,21,24)/t13-/m0/s1. The van der Waals surface area contributed by atoms with Crippen molar-refractivity contribution in [3.63, 3.8) is 0 Å². The van der Waals surface area contributed by atoms with E-state index in [2.05, 4.69) is 21.4 Å². The van der Waals surface area contributed by atoms with E-state index in [9.17, 15) is 14.9 Å². The van der Waals surface area contributed by atoms with Crippen LogP contribution in [-0.4, -0.2) is 35.0 Å². The smallest absolute Gasteiger partial charge is 0.290 e. The van der Waals surface area contributed by atoms with Gasteiger partial charge in [0.05, 0.1) is 6.07 Å². The lowest BCUT2D eigenvalue weighted by atomic mass is 9.74. The van der Waals surface area contributed by atoms with Gasteiger partial charge in [-0.05, 0) is 25.7 Å². The second-order valence-electron chi connectivity index (χ2n) is 6.76. The predicted octanol–water partition coefficient (Wildman–Crippen LogP) is 1.33. The largest absolute Gasteiger partial charge is 0.350 e. The number of hydrogen-bond donors (Lipinski definition) is 2. The van der Waals surface area contributed by atoms with E-state index in [1.807, 2.05) is 4.90 Å². The van der Waals surface area contributed by atoms with Crippen molar-refractivity contribution in [2.24, 2.45) is 5.41 Å². The number of piperidine rings is 1. The molecule has 7 nitrogen and oxygen atoms in total. The number of nitrogens with one attached hydrogen (secondary N) is 2. The molecule has 0 spiro atoms. The third-order valence-electron chi connectivity index (χ3n) is 5.10. The molecule has 2 aliphatic rings. The van der Waals surface area contributed by atoms with Crippen LogP contribution >= 0.6 is 0 Å². The second kappa shape index (κ2) is 7.04. The minimum Gasteiger partial charge on any atom is -0.350 e. The van der Waals surface area contributed by atoms with Crippen molar-refractivity contribution in [1.82, 2.24) is 15.3 Å². The van der Waals surface area contributed by atoms with Crippen LogP contribution in [0.15, 0.2) is 17.2 Å². The molecule has 1 saturated heterocycles. The van der Waals surface area contributed by atoms with Crippen LogP contribution in [0.3, 0.4) is 0 Å². The Morgan fingerprint density at radius 3 is 2.88 bits per heavy atom. The van der Waals surface area contributed by atoms with Gasteiger partial charge in [-0.1, -0.05) is 19.3 Å². The highest BCUT2D eigenvalue weighted by atomic mass is 16.2. The Morgan fingerprint density at radius 1 is 1.38 bits per heavy atom. The van der Waals surface area contributed by atoms with E-state index in [0.29, 0.717) is 25.2 Å². The molecule has 0 unspecified atom stereocenters. The van der Waals surface area contributed by atoms with Crippen LogP contribution in [0.4, 0.5) is 5.82 Å². The van der Waals surface area contributed by atoms with E-state index in [-0.39, 0.29) is 17.5 Å². The lowest BCUT2D eigenvalue weighted by Gasteiger charge is -2.36. The van der Waals surface area contributed by atoms with Gasteiger partial charge in [0.2, 0.25) is 5.91 Å². The molecule has 7 heteroatoms. The summed E-state index contributed by atoms with van der Waals surface area (Å²) in [6.45, 7) is 1.29. The number of aromatic amines is 1. The van der Waals surface area contributed by atoms with Crippen molar-refractivity contribution in [2.75, 3.05) is 18.0 Å². The van der Waals surface area contributed by atoms with Gasteiger partial charge in [0.15, 0.2) is 5.82 Å². The highest BCUT2D eigenvalue weighted by molar-refractivity contribution is 5.85. The highest BCUT2D eigenvalue weighted by Crippen LogP contribution is 2.36. The first kappa shape index (κ1) is 16.5. The van der Waals surface area contributed by atoms with Crippen LogP contribution in [0.2, 0.25) is 0 Å². The maximum absolute atomic E-state index is 12.7. The molecule has 24 heavy (non-hydrogen) atoms. The van der Waals surface area contributed by atoms with Crippen LogP contribution in [0.25, 0.3) is 0 Å². The van der Waals surface area contributed by atoms with E-state index in [4.69, 9.17) is 0 Å². The van der Waals surface area contributed by atoms with E-state index in [1.165, 1.54) is 6.20 Å². The van der Waals surface area contributed by atoms with Gasteiger partial charge in [-0.2, -0.15) is 5.26 Å². The number of rotatable bonds is 3. The predicted molar refractivity (Wildman–Crippen MR) is 89.4 cm³/mol. The summed E-state index contributed by atoms with van der Waals surface area (Å²) in [7, 11) is 0. The lowest BCUT2D eigenvalue weighted by Crippen LogP contribution is -2.53. The first-order chi connectivity index (χ1) is 11.6. The normalized spacial score (nSPS) is 23.3. The van der Waals surface area contributed by atoms with Gasteiger partial charge in [-0.3, -0.25) is 9.59 Å². The lowest BCUT2D eigenvalue weighted by molar-refractivity contribution is -0.130. The molecule has 0 bridgehead atoms. The Bertz CT molecular complexity index is 687. The van der Waals surface area contributed by atoms with Crippen LogP contribution in [0.1, 0.15) is 44.9 Å². The molecule has 128 valence electrons. The van der Waals surface area contributed by atoms with Crippen LogP contribution in [0.5, 0.6) is 0 Å². The van der Waals surface area contributed by atoms with E-state index >= 15 is 0 Å². The summed E-state index contributed by atoms with van der Waals surface area (Å²) in [5.74, 6) is 0.246. The summed E-state index contributed by atoms with van der Waals surface area (Å²) in [5.41, 5.74) is -1.09. The number of anilines is 1. The van der Waals surface area contributed by atoms with Crippen LogP contribution in [-0.2, 0) is 4.79 Å². The quantitative estimate of drug-likeness (QED) is 0.871. The van der Waals surface area contributed by atoms with E-state index in [1.54, 1.807) is 6.20 Å². The molecule has 2 N–H and O–H groups in total. The summed E-state index contributed by atoms with van der Waals surface area (Å²) in [6, 6.07) is 2.21. The number of aromatic nitrogens is 2. The summed E-state index contributed by atoms with van der Waals surface area (Å²) >= 11 is 0. The Labute approximate surface area is 141 Å². The van der Waals surface area contributed by atoms with Gasteiger partial charge in [0.1, 0.15) is 5.41 Å². The summed E-state index contributed by atoms with van der Waals surface area (Å²) in [6.07, 6.45) is 9.05. The fourth-order valence-corrected chi connectivity index (χ4v) is 3.73. The highest BCUT2D eigenvalue weighted by Gasteiger charge is 2.41. The first-order valence-corrected chi connectivity index (χ1v) is 8.65. The van der Waals surface area contributed by atoms with Gasteiger partial charge in [0.25, 0.3) is 5.56 Å². The third kappa shape index (κ3) is 3.28. The molecule has 1 saturated carbocycles. The van der Waals surface area contributed by atoms with Gasteiger partial charge in [0, 0.05) is 31.5 Å². The molecule has 0 radical (unpaired) electrons. The molecule has 2 heterocycles. The van der Waals surface area contributed by atoms with E-state index < -0.39 is 5.41 Å². The maximum atomic E-state index is 12.7. The molecule has 0 aromatic carbocycles. The minimum atomic E-state index is -0.872. The zero-order valence-corrected chi connectivity index (χ0v) is 13.8. The Balaban J connectivity index is 1.67. The number of carbonyl (C=O) groups excluding carboxylic acids is 1. The number of hydrogen-bond acceptors (Lipinski definition) is 5. The molecular weight excluding hydrogens is 306 g/mol. The molecular formula is C17H23N5O2. The molecule has 1 atom stereocenters. The molecule has 1 aliphatic heterocycles. The van der Waals surface area contributed by atoms with Gasteiger partial charge in [-0.25, -0.2) is 4.98 Å². The number of H-pyrrole nitrogens is 1. The van der Waals surface area contributed by atoms with Crippen molar-refractivity contribution in [3.8, 4) is 6.07 Å². The summed E-state index contributed by atoms with van der Waals surface area (Å²) in [5, 5.41) is 12.6. The number of amides is 1. The topological polar surface area (TPSA) is 102 Å². The second-order valence-corrected chi connectivity index (χ2v) is 6.76. The minimum absolute atomic E-state index is 0.0557. The molecule has 1 aromatic rings. The SMILES string of the molecule is N#CC1(C(=O)N[C@H]2CCCN(c3ncc[nH]c3=O)C2)CCCCC1. The monoisotopic (exact) mass is 329 g/mol. The Kier molecular flexibility index (Phi) is 4.84. The number of carbonyl (C=O) groups is 1. The molecule has 2 fully saturated rings. The Hall–Kier alpha value is -2.36. The zero-order valence-electron chi connectivity index (χ0n) is 13.8. The molecule has 1 aliphatic carbocycles.